The molecule has 8 heteroatoms. The molecule has 2 aromatic heterocycles. The summed E-state index contributed by atoms with van der Waals surface area (Å²) in [5, 5.41) is 17.3. The molecule has 0 aliphatic carbocycles. The van der Waals surface area contributed by atoms with E-state index in [0.717, 1.165) is 11.3 Å². The Bertz CT molecular complexity index is 937. The Balaban J connectivity index is 1.95. The largest absolute Gasteiger partial charge is 0.350 e. The van der Waals surface area contributed by atoms with Crippen LogP contribution in [0.1, 0.15) is 20.8 Å². The summed E-state index contributed by atoms with van der Waals surface area (Å²) in [5.74, 6) is 1.07. The molecular weight excluding hydrogens is 344 g/mol. The van der Waals surface area contributed by atoms with Crippen LogP contribution >= 0.6 is 0 Å². The molecule has 0 aliphatic rings. The Labute approximate surface area is 156 Å². The number of pyridine rings is 1. The lowest BCUT2D eigenvalue weighted by Gasteiger charge is -2.21. The number of nitro benzene ring substituents is 1. The summed E-state index contributed by atoms with van der Waals surface area (Å²) in [6.07, 6.45) is 3.41. The fourth-order valence-corrected chi connectivity index (χ4v) is 2.39. The molecule has 8 nitrogen and oxygen atoms in total. The van der Waals surface area contributed by atoms with Gasteiger partial charge in [-0.1, -0.05) is 0 Å². The van der Waals surface area contributed by atoms with Gasteiger partial charge in [0.1, 0.15) is 5.82 Å². The van der Waals surface area contributed by atoms with Crippen molar-refractivity contribution in [2.45, 2.75) is 26.3 Å². The van der Waals surface area contributed by atoms with Crippen LogP contribution in [0.2, 0.25) is 0 Å². The summed E-state index contributed by atoms with van der Waals surface area (Å²) in [6.45, 7) is 6.08. The van der Waals surface area contributed by atoms with Crippen molar-refractivity contribution in [3.63, 3.8) is 0 Å². The van der Waals surface area contributed by atoms with Crippen molar-refractivity contribution in [2.24, 2.45) is 0 Å². The third kappa shape index (κ3) is 4.97. The van der Waals surface area contributed by atoms with Gasteiger partial charge in [0, 0.05) is 47.4 Å². The number of hydrogen-bond donors (Lipinski definition) is 2. The van der Waals surface area contributed by atoms with Crippen LogP contribution in [0, 0.1) is 10.1 Å². The van der Waals surface area contributed by atoms with E-state index in [1.807, 2.05) is 39.0 Å². The molecule has 1 aromatic carbocycles. The van der Waals surface area contributed by atoms with E-state index in [1.165, 1.54) is 12.1 Å². The summed E-state index contributed by atoms with van der Waals surface area (Å²) in [4.78, 5) is 23.5. The summed E-state index contributed by atoms with van der Waals surface area (Å²) in [6, 6.07) is 11.7. The van der Waals surface area contributed by atoms with E-state index >= 15 is 0 Å². The molecule has 0 amide bonds. The highest BCUT2D eigenvalue weighted by Gasteiger charge is 2.14. The molecule has 3 rings (SSSR count). The molecule has 3 aromatic rings. The number of hydrogen-bond acceptors (Lipinski definition) is 7. The molecule has 0 radical (unpaired) electrons. The maximum absolute atomic E-state index is 10.8. The van der Waals surface area contributed by atoms with Gasteiger partial charge in [-0.2, -0.15) is 4.98 Å². The first-order chi connectivity index (χ1) is 12.8. The van der Waals surface area contributed by atoms with Crippen LogP contribution < -0.4 is 10.6 Å². The molecule has 2 N–H and O–H groups in total. The van der Waals surface area contributed by atoms with Gasteiger partial charge >= 0.3 is 0 Å². The fraction of sp³-hybridized carbons (Fsp3) is 0.211. The maximum atomic E-state index is 10.8. The molecule has 138 valence electrons. The van der Waals surface area contributed by atoms with Crippen molar-refractivity contribution in [1.29, 1.82) is 0 Å². The second kappa shape index (κ2) is 7.36. The molecule has 0 saturated heterocycles. The molecule has 0 aliphatic heterocycles. The number of aromatic nitrogens is 3. The van der Waals surface area contributed by atoms with Gasteiger partial charge < -0.3 is 10.6 Å². The highest BCUT2D eigenvalue weighted by atomic mass is 16.6. The molecule has 0 saturated carbocycles. The van der Waals surface area contributed by atoms with Gasteiger partial charge in [0.25, 0.3) is 5.69 Å². The van der Waals surface area contributed by atoms with Crippen molar-refractivity contribution in [3.05, 3.63) is 65.0 Å². The van der Waals surface area contributed by atoms with Gasteiger partial charge in [-0.05, 0) is 45.0 Å². The van der Waals surface area contributed by atoms with Gasteiger partial charge in [0.2, 0.25) is 5.95 Å². The van der Waals surface area contributed by atoms with Gasteiger partial charge in [0.15, 0.2) is 0 Å². The predicted octanol–water partition coefficient (Wildman–Crippen LogP) is 4.40. The summed E-state index contributed by atoms with van der Waals surface area (Å²) in [5.41, 5.74) is 2.18. The Morgan fingerprint density at radius 1 is 1.00 bits per heavy atom. The Morgan fingerprint density at radius 3 is 2.26 bits per heavy atom. The minimum absolute atomic E-state index is 0.0378. The number of anilines is 3. The summed E-state index contributed by atoms with van der Waals surface area (Å²) >= 11 is 0. The Hall–Kier alpha value is -3.55. The molecule has 0 atom stereocenters. The molecule has 0 unspecified atom stereocenters. The number of nitrogens with one attached hydrogen (secondary N) is 2. The van der Waals surface area contributed by atoms with Crippen molar-refractivity contribution in [1.82, 2.24) is 15.0 Å². The smallest absolute Gasteiger partial charge is 0.269 e. The minimum Gasteiger partial charge on any atom is -0.350 e. The van der Waals surface area contributed by atoms with Crippen LogP contribution in [-0.4, -0.2) is 25.4 Å². The summed E-state index contributed by atoms with van der Waals surface area (Å²) in [7, 11) is 0. The lowest BCUT2D eigenvalue weighted by Crippen LogP contribution is -2.27. The third-order valence-corrected chi connectivity index (χ3v) is 3.54. The lowest BCUT2D eigenvalue weighted by atomic mass is 10.1. The lowest BCUT2D eigenvalue weighted by molar-refractivity contribution is -0.384. The average Bonchev–Trinajstić information content (AvgIpc) is 2.61. The molecular formula is C19H20N6O2. The standard InChI is InChI=1S/C19H20N6O2/c1-19(2,3)24-18-22-16(13-8-10-20-11-9-13)12-17(23-18)21-14-4-6-15(7-5-14)25(26)27/h4-12H,1-3H3,(H2,21,22,23,24). The fourth-order valence-electron chi connectivity index (χ4n) is 2.39. The third-order valence-electron chi connectivity index (χ3n) is 3.54. The molecule has 27 heavy (non-hydrogen) atoms. The van der Waals surface area contributed by atoms with Crippen LogP contribution in [0.4, 0.5) is 23.1 Å². The van der Waals surface area contributed by atoms with Gasteiger partial charge in [-0.3, -0.25) is 15.1 Å². The quantitative estimate of drug-likeness (QED) is 0.510. The van der Waals surface area contributed by atoms with Gasteiger partial charge in [-0.25, -0.2) is 4.98 Å². The van der Waals surface area contributed by atoms with E-state index in [9.17, 15) is 10.1 Å². The average molecular weight is 364 g/mol. The van der Waals surface area contributed by atoms with Crippen LogP contribution in [0.15, 0.2) is 54.9 Å². The Morgan fingerprint density at radius 2 is 1.67 bits per heavy atom. The van der Waals surface area contributed by atoms with Crippen LogP contribution in [0.5, 0.6) is 0 Å². The highest BCUT2D eigenvalue weighted by Crippen LogP contribution is 2.25. The van der Waals surface area contributed by atoms with Crippen LogP contribution in [0.3, 0.4) is 0 Å². The van der Waals surface area contributed by atoms with E-state index < -0.39 is 4.92 Å². The Kier molecular flexibility index (Phi) is 4.98. The van der Waals surface area contributed by atoms with E-state index in [2.05, 4.69) is 25.6 Å². The molecule has 0 bridgehead atoms. The number of benzene rings is 1. The van der Waals surface area contributed by atoms with Gasteiger partial charge in [-0.15, -0.1) is 0 Å². The predicted molar refractivity (Wildman–Crippen MR) is 105 cm³/mol. The monoisotopic (exact) mass is 364 g/mol. The normalized spacial score (nSPS) is 11.1. The van der Waals surface area contributed by atoms with Crippen molar-refractivity contribution in [2.75, 3.05) is 10.6 Å². The molecule has 0 spiro atoms. The second-order valence-electron chi connectivity index (χ2n) is 7.00. The number of nitrogens with zero attached hydrogens (tertiary/aromatic N) is 4. The topological polar surface area (TPSA) is 106 Å². The summed E-state index contributed by atoms with van der Waals surface area (Å²) < 4.78 is 0. The maximum Gasteiger partial charge on any atom is 0.269 e. The van der Waals surface area contributed by atoms with Crippen LogP contribution in [-0.2, 0) is 0 Å². The first-order valence-corrected chi connectivity index (χ1v) is 8.39. The minimum atomic E-state index is -0.429. The zero-order chi connectivity index (χ0) is 19.4. The molecule has 2 heterocycles. The second-order valence-corrected chi connectivity index (χ2v) is 7.00. The van der Waals surface area contributed by atoms with E-state index in [1.54, 1.807) is 24.5 Å². The van der Waals surface area contributed by atoms with Crippen molar-refractivity contribution in [3.8, 4) is 11.3 Å². The van der Waals surface area contributed by atoms with E-state index in [-0.39, 0.29) is 11.2 Å². The van der Waals surface area contributed by atoms with E-state index in [4.69, 9.17) is 0 Å². The highest BCUT2D eigenvalue weighted by molar-refractivity contribution is 5.67. The number of nitro groups is 1. The van der Waals surface area contributed by atoms with Gasteiger partial charge in [0.05, 0.1) is 10.6 Å². The van der Waals surface area contributed by atoms with Crippen molar-refractivity contribution >= 4 is 23.1 Å². The molecule has 0 fully saturated rings. The first kappa shape index (κ1) is 18.2. The number of non-ortho nitro benzene ring substituents is 1. The zero-order valence-corrected chi connectivity index (χ0v) is 15.3. The van der Waals surface area contributed by atoms with Crippen molar-refractivity contribution < 1.29 is 4.92 Å². The first-order valence-electron chi connectivity index (χ1n) is 8.39. The van der Waals surface area contributed by atoms with E-state index in [0.29, 0.717) is 17.5 Å². The SMILES string of the molecule is CC(C)(C)Nc1nc(Nc2ccc([N+](=O)[O-])cc2)cc(-c2ccncc2)n1. The number of rotatable bonds is 5. The van der Waals surface area contributed by atoms with Crippen LogP contribution in [0.25, 0.3) is 11.3 Å². The zero-order valence-electron chi connectivity index (χ0n) is 15.3.